The third kappa shape index (κ3) is 5.52. The van der Waals surface area contributed by atoms with Gasteiger partial charge in [0.25, 0.3) is 0 Å². The molecular formula is C41H43Cl2FN6O3. The summed E-state index contributed by atoms with van der Waals surface area (Å²) in [7, 11) is 0. The monoisotopic (exact) mass is 758 g/mol. The molecule has 276 valence electrons. The Morgan fingerprint density at radius 1 is 1.17 bits per heavy atom. The van der Waals surface area contributed by atoms with Crippen LogP contribution in [0.1, 0.15) is 84.7 Å². The average molecular weight is 760 g/mol. The number of piperidine rings is 1. The maximum atomic E-state index is 17.4. The highest BCUT2D eigenvalue weighted by atomic mass is 35.5. The van der Waals surface area contributed by atoms with Gasteiger partial charge in [-0.1, -0.05) is 35.3 Å². The Balaban J connectivity index is 1.32. The number of fused-ring (bicyclic) bond motifs is 6. The molecule has 10 rings (SSSR count). The molecular weight excluding hydrogens is 714 g/mol. The molecule has 2 saturated carbocycles. The van der Waals surface area contributed by atoms with Crippen LogP contribution in [0.5, 0.6) is 0 Å². The number of pyridine rings is 1. The standard InChI is InChI=1S/C41H43Cl2FN6O3/c1-20-27-16-31(36-23-13-25(18-46-17-23)49(36)39(51)21-10-11-21)50(37-24-15-30(37)48(19-24)40(52)53-41(2,3)4)38(27)28-14-22(7-6-12-45)32(34(44)35(28)47-20)26-8-5-9-29(42)33(26)43/h5,8-9,14,16,21,23-25,30,36-37,46H,6-7,10-11,13,15,17-19H2,1-4H3/t23-,24+,25+,30+,36+,37-/m0/s1/i17D2. The Kier molecular flexibility index (Phi) is 7.71. The number of nitrogens with one attached hydrogen (secondary N) is 1. The number of nitriles is 1. The van der Waals surface area contributed by atoms with Crippen molar-refractivity contribution in [2.24, 2.45) is 17.8 Å². The molecule has 4 aromatic rings. The maximum absolute atomic E-state index is 17.4. The average Bonchev–Trinajstić information content (AvgIpc) is 3.44. The minimum Gasteiger partial charge on any atom is -0.444 e. The number of nitrogens with zero attached hydrogens (tertiary/aromatic N) is 5. The third-order valence-corrected chi connectivity index (χ3v) is 12.7. The van der Waals surface area contributed by atoms with Crippen LogP contribution >= 0.6 is 23.2 Å². The second kappa shape index (κ2) is 12.6. The number of carbonyl (C=O) groups excluding carboxylic acids is 2. The summed E-state index contributed by atoms with van der Waals surface area (Å²) in [4.78, 5) is 36.5. The summed E-state index contributed by atoms with van der Waals surface area (Å²) >= 11 is 13.1. The fraction of sp³-hybridized carbons (Fsp3) is 0.512. The van der Waals surface area contributed by atoms with Crippen LogP contribution in [-0.4, -0.2) is 68.6 Å². The van der Waals surface area contributed by atoms with Crippen LogP contribution in [0.3, 0.4) is 0 Å². The van der Waals surface area contributed by atoms with Gasteiger partial charge in [0.15, 0.2) is 5.82 Å². The lowest BCUT2D eigenvalue weighted by Gasteiger charge is -2.41. The quantitative estimate of drug-likeness (QED) is 0.212. The van der Waals surface area contributed by atoms with Crippen LogP contribution in [0, 0.1) is 41.8 Å². The van der Waals surface area contributed by atoms with Gasteiger partial charge in [0.1, 0.15) is 11.1 Å². The molecule has 9 nitrogen and oxygen atoms in total. The molecule has 0 spiro atoms. The minimum absolute atomic E-state index is 0.0473. The van der Waals surface area contributed by atoms with Gasteiger partial charge in [0.05, 0.1) is 39.8 Å². The lowest BCUT2D eigenvalue weighted by Crippen LogP contribution is -2.46. The van der Waals surface area contributed by atoms with Crippen molar-refractivity contribution in [3.63, 3.8) is 0 Å². The first-order valence-electron chi connectivity index (χ1n) is 19.6. The van der Waals surface area contributed by atoms with Crippen LogP contribution in [0.15, 0.2) is 30.3 Å². The minimum atomic E-state index is -1.75. The van der Waals surface area contributed by atoms with Gasteiger partial charge >= 0.3 is 6.09 Å². The van der Waals surface area contributed by atoms with E-state index in [2.05, 4.69) is 16.0 Å². The Bertz CT molecular complexity index is 2350. The first-order valence-corrected chi connectivity index (χ1v) is 19.4. The number of carbonyl (C=O) groups is 2. The largest absolute Gasteiger partial charge is 0.444 e. The number of hydrogen-bond donors (Lipinski definition) is 1. The Morgan fingerprint density at radius 3 is 2.70 bits per heavy atom. The first-order chi connectivity index (χ1) is 26.1. The van der Waals surface area contributed by atoms with Crippen molar-refractivity contribution in [2.75, 3.05) is 19.6 Å². The summed E-state index contributed by atoms with van der Waals surface area (Å²) in [5, 5.41) is 14.6. The number of likely N-dealkylation sites (tertiary alicyclic amines) is 1. The summed E-state index contributed by atoms with van der Waals surface area (Å²) < 4.78 is 43.7. The molecule has 6 atom stereocenters. The van der Waals surface area contributed by atoms with E-state index >= 15 is 4.39 Å². The van der Waals surface area contributed by atoms with Crippen molar-refractivity contribution in [3.8, 4) is 17.2 Å². The highest BCUT2D eigenvalue weighted by Crippen LogP contribution is 2.56. The zero-order valence-corrected chi connectivity index (χ0v) is 31.7. The molecule has 4 bridgehead atoms. The highest BCUT2D eigenvalue weighted by Gasteiger charge is 2.58. The van der Waals surface area contributed by atoms with Crippen molar-refractivity contribution in [1.82, 2.24) is 24.7 Å². The molecule has 0 radical (unpaired) electrons. The Labute approximate surface area is 321 Å². The second-order valence-corrected chi connectivity index (χ2v) is 17.2. The highest BCUT2D eigenvalue weighted by molar-refractivity contribution is 6.43. The number of aryl methyl sites for hydroxylation is 2. The number of halogens is 3. The van der Waals surface area contributed by atoms with E-state index in [-0.39, 0.29) is 75.9 Å². The second-order valence-electron chi connectivity index (χ2n) is 16.5. The van der Waals surface area contributed by atoms with E-state index in [9.17, 15) is 14.9 Å². The molecule has 6 fully saturated rings. The molecule has 2 aromatic carbocycles. The van der Waals surface area contributed by atoms with E-state index in [1.165, 1.54) is 0 Å². The molecule has 2 amide bonds. The van der Waals surface area contributed by atoms with Crippen LogP contribution in [0.25, 0.3) is 32.9 Å². The van der Waals surface area contributed by atoms with Gasteiger partial charge in [-0.15, -0.1) is 0 Å². The molecule has 53 heavy (non-hydrogen) atoms. The summed E-state index contributed by atoms with van der Waals surface area (Å²) in [6.07, 6.45) is 2.89. The normalized spacial score (nSPS) is 27.8. The van der Waals surface area contributed by atoms with Crippen LogP contribution in [0.2, 0.25) is 10.0 Å². The number of benzene rings is 2. The number of aromatic nitrogens is 2. The van der Waals surface area contributed by atoms with Crippen LogP contribution < -0.4 is 5.32 Å². The maximum Gasteiger partial charge on any atom is 0.410 e. The van der Waals surface area contributed by atoms with E-state index in [0.29, 0.717) is 41.7 Å². The molecule has 4 saturated heterocycles. The van der Waals surface area contributed by atoms with Crippen molar-refractivity contribution in [3.05, 3.63) is 63.1 Å². The van der Waals surface area contributed by atoms with E-state index in [1.54, 1.807) is 23.1 Å². The lowest BCUT2D eigenvalue weighted by molar-refractivity contribution is -0.135. The first kappa shape index (κ1) is 32.5. The van der Waals surface area contributed by atoms with Crippen molar-refractivity contribution >= 4 is 57.0 Å². The predicted octanol–water partition coefficient (Wildman–Crippen LogP) is 8.52. The van der Waals surface area contributed by atoms with Gasteiger partial charge in [0.2, 0.25) is 5.91 Å². The predicted molar refractivity (Wildman–Crippen MR) is 202 cm³/mol. The molecule has 12 heteroatoms. The summed E-state index contributed by atoms with van der Waals surface area (Å²) in [5.74, 6) is -1.11. The fourth-order valence-corrected chi connectivity index (χ4v) is 9.92. The lowest BCUT2D eigenvalue weighted by atomic mass is 9.79. The van der Waals surface area contributed by atoms with Crippen molar-refractivity contribution < 1.29 is 21.5 Å². The number of rotatable bonds is 6. The van der Waals surface area contributed by atoms with Gasteiger partial charge in [-0.25, -0.2) is 14.2 Å². The van der Waals surface area contributed by atoms with Gasteiger partial charge in [-0.05, 0) is 89.5 Å². The van der Waals surface area contributed by atoms with Gasteiger partial charge in [-0.3, -0.25) is 4.79 Å². The number of amides is 2. The molecule has 2 aromatic heterocycles. The van der Waals surface area contributed by atoms with Crippen molar-refractivity contribution in [2.45, 2.75) is 96.0 Å². The van der Waals surface area contributed by atoms with Crippen LogP contribution in [0.4, 0.5) is 9.18 Å². The molecule has 1 N–H and O–H groups in total. The van der Waals surface area contributed by atoms with Crippen LogP contribution in [-0.2, 0) is 16.0 Å². The zero-order chi connectivity index (χ0) is 38.9. The molecule has 6 heterocycles. The fourth-order valence-electron chi connectivity index (χ4n) is 9.52. The topological polar surface area (TPSA) is 103 Å². The SMILES string of the molecule is [2H]C1([2H])NC[C@H]2C[C@@H]1[C@H](c1cc3c(C)nc4c(F)c(-c5cccc(Cl)c5Cl)c(CCC#N)cc4c3n1[C@H]1[C@@H]3C[C@H]1N(C(=O)OC(C)(C)C)C3)N2C(=O)C1CC1. The van der Waals surface area contributed by atoms with Gasteiger partial charge in [-0.2, -0.15) is 5.26 Å². The van der Waals surface area contributed by atoms with E-state index in [1.807, 2.05) is 44.7 Å². The Hall–Kier alpha value is -3.91. The number of hydrogen-bond acceptors (Lipinski definition) is 6. The zero-order valence-electron chi connectivity index (χ0n) is 32.2. The van der Waals surface area contributed by atoms with E-state index in [4.69, 9.17) is 35.7 Å². The van der Waals surface area contributed by atoms with E-state index < -0.39 is 29.9 Å². The van der Waals surface area contributed by atoms with E-state index in [0.717, 1.165) is 35.9 Å². The summed E-state index contributed by atoms with van der Waals surface area (Å²) in [6.45, 7) is 6.46. The smallest absolute Gasteiger partial charge is 0.410 e. The van der Waals surface area contributed by atoms with Gasteiger partial charge < -0.3 is 24.4 Å². The Morgan fingerprint density at radius 2 is 1.96 bits per heavy atom. The molecule has 4 aliphatic heterocycles. The molecule has 2 aliphatic carbocycles. The molecule has 6 aliphatic rings. The molecule has 0 unspecified atom stereocenters. The number of ether oxygens (including phenoxy) is 1. The third-order valence-electron chi connectivity index (χ3n) is 11.9. The summed E-state index contributed by atoms with van der Waals surface area (Å²) in [5.41, 5.74) is 2.74. The summed E-state index contributed by atoms with van der Waals surface area (Å²) in [6, 6.07) is 9.96. The van der Waals surface area contributed by atoms with Crippen molar-refractivity contribution in [1.29, 1.82) is 5.26 Å². The van der Waals surface area contributed by atoms with Gasteiger partial charge in [0, 0.05) is 79.9 Å².